The van der Waals surface area contributed by atoms with Gasteiger partial charge < -0.3 is 15.8 Å². The number of nitrogens with two attached hydrogens (primary N) is 1. The van der Waals surface area contributed by atoms with Crippen molar-refractivity contribution < 1.29 is 9.13 Å². The summed E-state index contributed by atoms with van der Waals surface area (Å²) in [4.78, 5) is 8.63. The molecule has 1 atom stereocenters. The Labute approximate surface area is 168 Å². The van der Waals surface area contributed by atoms with Gasteiger partial charge in [-0.3, -0.25) is 4.68 Å². The molecule has 8 nitrogen and oxygen atoms in total. The minimum Gasteiger partial charge on any atom is -0.467 e. The molecule has 0 aliphatic rings. The van der Waals surface area contributed by atoms with Crippen LogP contribution in [0.4, 0.5) is 16.0 Å². The number of anilines is 2. The molecule has 0 aliphatic heterocycles. The second-order valence-electron chi connectivity index (χ2n) is 6.46. The highest BCUT2D eigenvalue weighted by Crippen LogP contribution is 2.33. The fourth-order valence-corrected chi connectivity index (χ4v) is 3.16. The molecular formula is C20H22FN7O. The smallest absolute Gasteiger partial charge is 0.258 e. The van der Waals surface area contributed by atoms with Crippen LogP contribution < -0.4 is 15.8 Å². The van der Waals surface area contributed by atoms with Crippen LogP contribution in [0.15, 0.2) is 24.4 Å². The van der Waals surface area contributed by atoms with Crippen LogP contribution in [-0.2, 0) is 13.5 Å². The lowest BCUT2D eigenvalue weighted by Gasteiger charge is -2.18. The van der Waals surface area contributed by atoms with Crippen LogP contribution in [0.3, 0.4) is 0 Å². The number of aromatic nitrogens is 4. The van der Waals surface area contributed by atoms with Crippen LogP contribution in [0.5, 0.6) is 5.88 Å². The van der Waals surface area contributed by atoms with E-state index in [0.717, 1.165) is 12.0 Å². The Balaban J connectivity index is 2.02. The van der Waals surface area contributed by atoms with Gasteiger partial charge in [-0.25, -0.2) is 14.4 Å². The summed E-state index contributed by atoms with van der Waals surface area (Å²) in [5.74, 6) is 0.355. The first kappa shape index (κ1) is 20.1. The maximum absolute atomic E-state index is 13.8. The third-order valence-electron chi connectivity index (χ3n) is 4.63. The van der Waals surface area contributed by atoms with Crippen molar-refractivity contribution in [3.05, 3.63) is 47.0 Å². The van der Waals surface area contributed by atoms with Crippen molar-refractivity contribution in [1.82, 2.24) is 19.7 Å². The fraction of sp³-hybridized carbons (Fsp3) is 0.300. The Morgan fingerprint density at radius 2 is 2.17 bits per heavy atom. The molecule has 0 bridgehead atoms. The molecule has 0 spiro atoms. The van der Waals surface area contributed by atoms with E-state index in [4.69, 9.17) is 10.5 Å². The average Bonchev–Trinajstić information content (AvgIpc) is 3.04. The molecule has 0 saturated carbocycles. The molecule has 2 aromatic heterocycles. The Morgan fingerprint density at radius 1 is 1.41 bits per heavy atom. The Bertz CT molecular complexity index is 1090. The lowest BCUT2D eigenvalue weighted by Crippen LogP contribution is -2.10. The number of hydrogen-bond donors (Lipinski definition) is 2. The number of nitriles is 1. The van der Waals surface area contributed by atoms with E-state index in [9.17, 15) is 9.65 Å². The van der Waals surface area contributed by atoms with E-state index >= 15 is 0 Å². The van der Waals surface area contributed by atoms with E-state index in [1.165, 1.54) is 23.0 Å². The maximum Gasteiger partial charge on any atom is 0.258 e. The molecule has 0 unspecified atom stereocenters. The second-order valence-corrected chi connectivity index (χ2v) is 6.46. The Morgan fingerprint density at radius 3 is 2.83 bits per heavy atom. The van der Waals surface area contributed by atoms with Crippen LogP contribution >= 0.6 is 0 Å². The van der Waals surface area contributed by atoms with Gasteiger partial charge in [0.15, 0.2) is 11.6 Å². The van der Waals surface area contributed by atoms with E-state index in [2.05, 4.69) is 26.5 Å². The third kappa shape index (κ3) is 3.82. The Kier molecular flexibility index (Phi) is 5.64. The number of nitrogens with one attached hydrogen (secondary N) is 1. The summed E-state index contributed by atoms with van der Waals surface area (Å²) in [6.45, 7) is 3.79. The van der Waals surface area contributed by atoms with Gasteiger partial charge >= 0.3 is 0 Å². The monoisotopic (exact) mass is 395 g/mol. The third-order valence-corrected chi connectivity index (χ3v) is 4.63. The summed E-state index contributed by atoms with van der Waals surface area (Å²) in [5, 5.41) is 16.7. The minimum atomic E-state index is -0.499. The molecule has 0 amide bonds. The predicted molar refractivity (Wildman–Crippen MR) is 108 cm³/mol. The van der Waals surface area contributed by atoms with Crippen molar-refractivity contribution in [2.24, 2.45) is 7.05 Å². The number of ether oxygens (including phenoxy) is 1. The van der Waals surface area contributed by atoms with Crippen LogP contribution in [0, 0.1) is 17.1 Å². The number of aryl methyl sites for hydroxylation is 2. The van der Waals surface area contributed by atoms with Crippen molar-refractivity contribution in [2.45, 2.75) is 26.4 Å². The van der Waals surface area contributed by atoms with Crippen LogP contribution in [0.25, 0.3) is 11.3 Å². The SMILES string of the molecule is CCc1ccc(F)cc1[C@@H](C)Oc1nc(-c2c(NC)nn(C)c2C#N)cnc1N. The number of halogens is 1. The molecule has 29 heavy (non-hydrogen) atoms. The molecule has 0 radical (unpaired) electrons. The van der Waals surface area contributed by atoms with Crippen molar-refractivity contribution in [3.8, 4) is 23.2 Å². The molecule has 3 N–H and O–H groups in total. The molecule has 3 rings (SSSR count). The number of hydrogen-bond acceptors (Lipinski definition) is 7. The van der Waals surface area contributed by atoms with Gasteiger partial charge in [0.05, 0.1) is 17.5 Å². The van der Waals surface area contributed by atoms with Crippen LogP contribution in [0.1, 0.15) is 36.8 Å². The van der Waals surface area contributed by atoms with Crippen molar-refractivity contribution in [3.63, 3.8) is 0 Å². The lowest BCUT2D eigenvalue weighted by molar-refractivity contribution is 0.217. The van der Waals surface area contributed by atoms with Crippen molar-refractivity contribution in [2.75, 3.05) is 18.1 Å². The number of nitrogens with zero attached hydrogens (tertiary/aromatic N) is 5. The van der Waals surface area contributed by atoms with Gasteiger partial charge in [0.25, 0.3) is 5.88 Å². The summed E-state index contributed by atoms with van der Waals surface area (Å²) in [5.41, 5.74) is 8.87. The average molecular weight is 395 g/mol. The molecule has 9 heteroatoms. The summed E-state index contributed by atoms with van der Waals surface area (Å²) < 4.78 is 21.2. The van der Waals surface area contributed by atoms with Gasteiger partial charge in [-0.2, -0.15) is 10.4 Å². The topological polar surface area (TPSA) is 115 Å². The first-order valence-electron chi connectivity index (χ1n) is 9.12. The molecule has 0 aliphatic carbocycles. The van der Waals surface area contributed by atoms with E-state index in [0.29, 0.717) is 28.3 Å². The molecule has 0 fully saturated rings. The van der Waals surface area contributed by atoms with Gasteiger partial charge in [0.2, 0.25) is 0 Å². The normalized spacial score (nSPS) is 11.7. The van der Waals surface area contributed by atoms with Gasteiger partial charge in [-0.1, -0.05) is 13.0 Å². The molecule has 0 saturated heterocycles. The van der Waals surface area contributed by atoms with Crippen molar-refractivity contribution >= 4 is 11.6 Å². The zero-order chi connectivity index (χ0) is 21.1. The first-order chi connectivity index (χ1) is 13.9. The zero-order valence-corrected chi connectivity index (χ0v) is 16.7. The number of rotatable bonds is 6. The van der Waals surface area contributed by atoms with Gasteiger partial charge in [-0.15, -0.1) is 0 Å². The van der Waals surface area contributed by atoms with Gasteiger partial charge in [-0.05, 0) is 36.6 Å². The fourth-order valence-electron chi connectivity index (χ4n) is 3.16. The number of benzene rings is 1. The molecule has 150 valence electrons. The highest BCUT2D eigenvalue weighted by Gasteiger charge is 2.21. The summed E-state index contributed by atoms with van der Waals surface area (Å²) in [6, 6.07) is 6.73. The van der Waals surface area contributed by atoms with E-state index in [-0.39, 0.29) is 17.5 Å². The molecule has 3 aromatic rings. The quantitative estimate of drug-likeness (QED) is 0.658. The highest BCUT2D eigenvalue weighted by atomic mass is 19.1. The van der Waals surface area contributed by atoms with Crippen LogP contribution in [0.2, 0.25) is 0 Å². The predicted octanol–water partition coefficient (Wildman–Crippen LogP) is 3.21. The summed E-state index contributed by atoms with van der Waals surface area (Å²) in [6.07, 6.45) is 1.70. The van der Waals surface area contributed by atoms with E-state index in [1.807, 2.05) is 6.92 Å². The maximum atomic E-state index is 13.8. The second kappa shape index (κ2) is 8.14. The lowest BCUT2D eigenvalue weighted by atomic mass is 10.0. The van der Waals surface area contributed by atoms with Gasteiger partial charge in [0.1, 0.15) is 23.7 Å². The van der Waals surface area contributed by atoms with Gasteiger partial charge in [0, 0.05) is 14.1 Å². The van der Waals surface area contributed by atoms with E-state index < -0.39 is 6.10 Å². The summed E-state index contributed by atoms with van der Waals surface area (Å²) >= 11 is 0. The van der Waals surface area contributed by atoms with Crippen LogP contribution in [-0.4, -0.2) is 26.8 Å². The molecule has 1 aromatic carbocycles. The molecule has 2 heterocycles. The highest BCUT2D eigenvalue weighted by molar-refractivity contribution is 5.77. The first-order valence-corrected chi connectivity index (χ1v) is 9.12. The summed E-state index contributed by atoms with van der Waals surface area (Å²) in [7, 11) is 3.37. The van der Waals surface area contributed by atoms with E-state index in [1.54, 1.807) is 27.1 Å². The van der Waals surface area contributed by atoms with Crippen molar-refractivity contribution in [1.29, 1.82) is 5.26 Å². The minimum absolute atomic E-state index is 0.100. The standard InChI is InChI=1S/C20H22FN7O/c1-5-12-6-7-13(21)8-14(12)11(2)29-20-18(23)25-10-15(26-20)17-16(9-22)28(4)27-19(17)24-3/h6-8,10-11H,5H2,1-4H3,(H2,23,25)(H,24,27)/t11-/m1/s1. The number of nitrogen functional groups attached to an aromatic ring is 1. The Hall–Kier alpha value is -3.67. The molecular weight excluding hydrogens is 373 g/mol. The zero-order valence-electron chi connectivity index (χ0n) is 16.7. The largest absolute Gasteiger partial charge is 0.467 e.